The molecular weight excluding hydrogens is 338 g/mol. The fourth-order valence-corrected chi connectivity index (χ4v) is 2.36. The van der Waals surface area contributed by atoms with Crippen LogP contribution in [0.3, 0.4) is 0 Å². The Morgan fingerprint density at radius 2 is 1.80 bits per heavy atom. The molecule has 25 heavy (non-hydrogen) atoms. The molecule has 0 atom stereocenters. The van der Waals surface area contributed by atoms with Gasteiger partial charge in [0.05, 0.1) is 5.69 Å². The minimum Gasteiger partial charge on any atom is -0.438 e. The number of halogens is 1. The molecule has 0 saturated heterocycles. The number of carbonyl (C=O) groups excluding carboxylic acids is 1. The number of nitrogens with one attached hydrogen (secondary N) is 1. The van der Waals surface area contributed by atoms with Gasteiger partial charge in [-0.25, -0.2) is 0 Å². The van der Waals surface area contributed by atoms with Crippen molar-refractivity contribution in [3.8, 4) is 11.6 Å². The molecule has 0 aliphatic rings. The Morgan fingerprint density at radius 1 is 1.04 bits per heavy atom. The third-order valence-corrected chi connectivity index (χ3v) is 3.88. The Hall–Kier alpha value is -2.92. The van der Waals surface area contributed by atoms with Crippen LogP contribution in [0.25, 0.3) is 0 Å². The molecule has 0 saturated carbocycles. The van der Waals surface area contributed by atoms with E-state index < -0.39 is 0 Å². The lowest BCUT2D eigenvalue weighted by atomic mass is 10.2. The Labute approximate surface area is 150 Å². The van der Waals surface area contributed by atoms with Crippen LogP contribution in [0.15, 0.2) is 60.7 Å². The Kier molecular flexibility index (Phi) is 5.26. The summed E-state index contributed by atoms with van der Waals surface area (Å²) < 4.78 is 5.59. The second-order valence-corrected chi connectivity index (χ2v) is 5.82. The van der Waals surface area contributed by atoms with Gasteiger partial charge in [-0.1, -0.05) is 29.8 Å². The summed E-state index contributed by atoms with van der Waals surface area (Å²) in [6.45, 7) is 2.22. The molecule has 5 nitrogen and oxygen atoms in total. The van der Waals surface area contributed by atoms with E-state index in [2.05, 4.69) is 15.5 Å². The summed E-state index contributed by atoms with van der Waals surface area (Å²) in [4.78, 5) is 12.2. The highest BCUT2D eigenvalue weighted by Gasteiger charge is 2.07. The zero-order valence-corrected chi connectivity index (χ0v) is 14.3. The van der Waals surface area contributed by atoms with Crippen molar-refractivity contribution in [3.63, 3.8) is 0 Å². The van der Waals surface area contributed by atoms with Crippen LogP contribution < -0.4 is 10.1 Å². The number of rotatable bonds is 5. The predicted octanol–water partition coefficient (Wildman–Crippen LogP) is 4.16. The first-order valence-electron chi connectivity index (χ1n) is 7.72. The van der Waals surface area contributed by atoms with Gasteiger partial charge in [0.2, 0.25) is 5.88 Å². The molecule has 0 radical (unpaired) electrons. The number of benzene rings is 2. The molecule has 0 spiro atoms. The minimum absolute atomic E-state index is 0.179. The van der Waals surface area contributed by atoms with Crippen molar-refractivity contribution in [1.82, 2.24) is 15.5 Å². The molecule has 1 heterocycles. The molecular formula is C19H16ClN3O2. The van der Waals surface area contributed by atoms with Crippen LogP contribution in [0.4, 0.5) is 0 Å². The fourth-order valence-electron chi connectivity index (χ4n) is 2.16. The number of hydrogen-bond acceptors (Lipinski definition) is 4. The van der Waals surface area contributed by atoms with E-state index in [4.69, 9.17) is 16.3 Å². The molecule has 0 aliphatic heterocycles. The topological polar surface area (TPSA) is 64.1 Å². The Bertz CT molecular complexity index is 865. The van der Waals surface area contributed by atoms with Crippen molar-refractivity contribution in [2.45, 2.75) is 13.5 Å². The van der Waals surface area contributed by atoms with E-state index in [-0.39, 0.29) is 5.91 Å². The van der Waals surface area contributed by atoms with Gasteiger partial charge in [-0.2, -0.15) is 5.10 Å². The van der Waals surface area contributed by atoms with E-state index >= 15 is 0 Å². The third-order valence-electron chi connectivity index (χ3n) is 3.51. The van der Waals surface area contributed by atoms with E-state index in [1.807, 2.05) is 31.2 Å². The lowest BCUT2D eigenvalue weighted by Crippen LogP contribution is -2.22. The van der Waals surface area contributed by atoms with Crippen molar-refractivity contribution in [2.75, 3.05) is 0 Å². The summed E-state index contributed by atoms with van der Waals surface area (Å²) in [7, 11) is 0. The summed E-state index contributed by atoms with van der Waals surface area (Å²) in [5, 5.41) is 11.3. The second-order valence-electron chi connectivity index (χ2n) is 5.41. The van der Waals surface area contributed by atoms with Crippen LogP contribution in [0.1, 0.15) is 21.6 Å². The summed E-state index contributed by atoms with van der Waals surface area (Å²) in [5.74, 6) is 0.809. The highest BCUT2D eigenvalue weighted by atomic mass is 35.5. The Morgan fingerprint density at radius 3 is 2.48 bits per heavy atom. The summed E-state index contributed by atoms with van der Waals surface area (Å²) >= 11 is 6.08. The van der Waals surface area contributed by atoms with Gasteiger partial charge in [-0.15, -0.1) is 5.10 Å². The van der Waals surface area contributed by atoms with E-state index in [0.717, 1.165) is 11.3 Å². The molecule has 126 valence electrons. The SMILES string of the molecule is Cc1ccc(Oc2ccc(C(=O)NCc3ccccc3Cl)cc2)nn1. The monoisotopic (exact) mass is 353 g/mol. The van der Waals surface area contributed by atoms with Crippen molar-refractivity contribution < 1.29 is 9.53 Å². The standard InChI is InChI=1S/C19H16ClN3O2/c1-13-6-11-18(23-22-13)25-16-9-7-14(8-10-16)19(24)21-12-15-4-2-3-5-17(15)20/h2-11H,12H2,1H3,(H,21,24). The molecule has 0 unspecified atom stereocenters. The average molecular weight is 354 g/mol. The van der Waals surface area contributed by atoms with Gasteiger partial charge < -0.3 is 10.1 Å². The number of ether oxygens (including phenoxy) is 1. The molecule has 2 aromatic carbocycles. The predicted molar refractivity (Wildman–Crippen MR) is 95.9 cm³/mol. The number of amides is 1. The molecule has 6 heteroatoms. The second kappa shape index (κ2) is 7.77. The van der Waals surface area contributed by atoms with Crippen LogP contribution in [-0.4, -0.2) is 16.1 Å². The number of aromatic nitrogens is 2. The van der Waals surface area contributed by atoms with E-state index in [9.17, 15) is 4.79 Å². The van der Waals surface area contributed by atoms with Crippen molar-refractivity contribution in [3.05, 3.63) is 82.5 Å². The molecule has 1 N–H and O–H groups in total. The summed E-state index contributed by atoms with van der Waals surface area (Å²) in [6.07, 6.45) is 0. The van der Waals surface area contributed by atoms with Crippen molar-refractivity contribution in [2.24, 2.45) is 0 Å². The van der Waals surface area contributed by atoms with Crippen molar-refractivity contribution in [1.29, 1.82) is 0 Å². The van der Waals surface area contributed by atoms with Crippen molar-refractivity contribution >= 4 is 17.5 Å². The van der Waals surface area contributed by atoms with E-state index in [1.54, 1.807) is 36.4 Å². The molecule has 3 rings (SSSR count). The quantitative estimate of drug-likeness (QED) is 0.748. The lowest BCUT2D eigenvalue weighted by molar-refractivity contribution is 0.0951. The number of nitrogens with zero attached hydrogens (tertiary/aromatic N) is 2. The van der Waals surface area contributed by atoms with E-state index in [0.29, 0.717) is 28.8 Å². The van der Waals surface area contributed by atoms with Gasteiger partial charge in [0.25, 0.3) is 5.91 Å². The highest BCUT2D eigenvalue weighted by Crippen LogP contribution is 2.19. The van der Waals surface area contributed by atoms with Gasteiger partial charge in [0.1, 0.15) is 5.75 Å². The van der Waals surface area contributed by atoms with Crippen LogP contribution in [0.2, 0.25) is 5.02 Å². The first-order chi connectivity index (χ1) is 12.1. The Balaban J connectivity index is 1.60. The zero-order chi connectivity index (χ0) is 17.6. The number of hydrogen-bond donors (Lipinski definition) is 1. The van der Waals surface area contributed by atoms with Crippen LogP contribution >= 0.6 is 11.6 Å². The van der Waals surface area contributed by atoms with Gasteiger partial charge in [0, 0.05) is 23.2 Å². The summed E-state index contributed by atoms with van der Waals surface area (Å²) in [5.41, 5.74) is 2.22. The first kappa shape index (κ1) is 16.9. The van der Waals surface area contributed by atoms with Crippen LogP contribution in [0, 0.1) is 6.92 Å². The third kappa shape index (κ3) is 4.55. The maximum Gasteiger partial charge on any atom is 0.251 e. The first-order valence-corrected chi connectivity index (χ1v) is 8.09. The fraction of sp³-hybridized carbons (Fsp3) is 0.105. The minimum atomic E-state index is -0.179. The maximum atomic E-state index is 12.2. The average Bonchev–Trinajstić information content (AvgIpc) is 2.63. The molecule has 1 amide bonds. The highest BCUT2D eigenvalue weighted by molar-refractivity contribution is 6.31. The maximum absolute atomic E-state index is 12.2. The summed E-state index contributed by atoms with van der Waals surface area (Å²) in [6, 6.07) is 17.8. The number of aryl methyl sites for hydroxylation is 1. The van der Waals surface area contributed by atoms with Crippen LogP contribution in [-0.2, 0) is 6.54 Å². The molecule has 0 fully saturated rings. The number of carbonyl (C=O) groups is 1. The molecule has 0 aliphatic carbocycles. The molecule has 0 bridgehead atoms. The zero-order valence-electron chi connectivity index (χ0n) is 13.6. The normalized spacial score (nSPS) is 10.3. The smallest absolute Gasteiger partial charge is 0.251 e. The van der Waals surface area contributed by atoms with Gasteiger partial charge in [-0.05, 0) is 48.9 Å². The molecule has 1 aromatic heterocycles. The van der Waals surface area contributed by atoms with Gasteiger partial charge in [0.15, 0.2) is 0 Å². The van der Waals surface area contributed by atoms with Gasteiger partial charge in [-0.3, -0.25) is 4.79 Å². The van der Waals surface area contributed by atoms with Crippen LogP contribution in [0.5, 0.6) is 11.6 Å². The van der Waals surface area contributed by atoms with Gasteiger partial charge >= 0.3 is 0 Å². The largest absolute Gasteiger partial charge is 0.438 e. The molecule has 3 aromatic rings. The van der Waals surface area contributed by atoms with E-state index in [1.165, 1.54) is 0 Å². The lowest BCUT2D eigenvalue weighted by Gasteiger charge is -2.08.